The van der Waals surface area contributed by atoms with Crippen LogP contribution in [0.3, 0.4) is 0 Å². The highest BCUT2D eigenvalue weighted by molar-refractivity contribution is 7.91. The van der Waals surface area contributed by atoms with Gasteiger partial charge >= 0.3 is 0 Å². The van der Waals surface area contributed by atoms with E-state index in [1.54, 1.807) is 62.1 Å². The number of hydrogen-bond acceptors (Lipinski definition) is 6. The maximum Gasteiger partial charge on any atom is 0.225 e. The number of carbonyl (C=O) groups is 1. The first-order valence-electron chi connectivity index (χ1n) is 8.89. The number of sulfone groups is 1. The molecule has 0 aliphatic carbocycles. The summed E-state index contributed by atoms with van der Waals surface area (Å²) in [4.78, 5) is 13.6. The summed E-state index contributed by atoms with van der Waals surface area (Å²) in [6, 6.07) is 13.6. The van der Waals surface area contributed by atoms with Crippen molar-refractivity contribution in [3.8, 4) is 11.5 Å². The van der Waals surface area contributed by atoms with Gasteiger partial charge in [0.1, 0.15) is 16.4 Å². The Labute approximate surface area is 173 Å². The van der Waals surface area contributed by atoms with E-state index < -0.39 is 9.84 Å². The third-order valence-electron chi connectivity index (χ3n) is 4.91. The molecule has 0 saturated heterocycles. The van der Waals surface area contributed by atoms with Crippen LogP contribution in [0, 0.1) is 0 Å². The summed E-state index contributed by atoms with van der Waals surface area (Å²) in [5, 5.41) is 4.37. The normalized spacial score (nSPS) is 16.1. The predicted molar refractivity (Wildman–Crippen MR) is 111 cm³/mol. The molecular formula is C21H19NO5S2. The average molecular weight is 430 g/mol. The number of nitrogens with one attached hydrogen (secondary N) is 1. The van der Waals surface area contributed by atoms with E-state index in [4.69, 9.17) is 9.47 Å². The fourth-order valence-corrected chi connectivity index (χ4v) is 6.41. The van der Waals surface area contributed by atoms with Crippen LogP contribution in [0.1, 0.15) is 22.8 Å². The third kappa shape index (κ3) is 3.38. The Morgan fingerprint density at radius 1 is 1.07 bits per heavy atom. The van der Waals surface area contributed by atoms with Gasteiger partial charge in [-0.05, 0) is 30.3 Å². The van der Waals surface area contributed by atoms with Gasteiger partial charge in [0, 0.05) is 28.2 Å². The molecule has 1 N–H and O–H groups in total. The monoisotopic (exact) mass is 429 g/mol. The van der Waals surface area contributed by atoms with Crippen molar-refractivity contribution in [2.24, 2.45) is 0 Å². The Hall–Kier alpha value is -2.84. The van der Waals surface area contributed by atoms with Crippen LogP contribution in [-0.4, -0.2) is 28.5 Å². The Morgan fingerprint density at radius 3 is 2.52 bits per heavy atom. The lowest BCUT2D eigenvalue weighted by Gasteiger charge is -2.25. The van der Waals surface area contributed by atoms with E-state index in [2.05, 4.69) is 5.32 Å². The van der Waals surface area contributed by atoms with E-state index in [0.29, 0.717) is 17.2 Å². The molecule has 0 saturated carbocycles. The van der Waals surface area contributed by atoms with Crippen molar-refractivity contribution in [3.05, 3.63) is 64.4 Å². The lowest BCUT2D eigenvalue weighted by molar-refractivity contribution is -0.116. The molecule has 0 spiro atoms. The lowest BCUT2D eigenvalue weighted by atomic mass is 9.90. The molecule has 6 nitrogen and oxygen atoms in total. The molecule has 2 aromatic carbocycles. The minimum Gasteiger partial charge on any atom is -0.497 e. The number of rotatable bonds is 5. The molecule has 150 valence electrons. The van der Waals surface area contributed by atoms with E-state index in [-0.39, 0.29) is 28.0 Å². The fraction of sp³-hybridized carbons (Fsp3) is 0.190. The first-order valence-corrected chi connectivity index (χ1v) is 11.2. The van der Waals surface area contributed by atoms with Crippen LogP contribution >= 0.6 is 11.3 Å². The smallest absolute Gasteiger partial charge is 0.225 e. The Balaban J connectivity index is 1.86. The van der Waals surface area contributed by atoms with Gasteiger partial charge in [0.2, 0.25) is 15.7 Å². The molecule has 29 heavy (non-hydrogen) atoms. The van der Waals surface area contributed by atoms with Crippen molar-refractivity contribution in [2.45, 2.75) is 22.1 Å². The molecule has 2 heterocycles. The van der Waals surface area contributed by atoms with E-state index in [0.717, 1.165) is 10.4 Å². The Morgan fingerprint density at radius 2 is 1.83 bits per heavy atom. The number of hydrogen-bond donors (Lipinski definition) is 1. The Kier molecular flexibility index (Phi) is 5.06. The molecule has 1 aliphatic rings. The van der Waals surface area contributed by atoms with Gasteiger partial charge in [-0.15, -0.1) is 11.3 Å². The van der Waals surface area contributed by atoms with E-state index in [9.17, 15) is 13.2 Å². The number of anilines is 1. The summed E-state index contributed by atoms with van der Waals surface area (Å²) in [7, 11) is -0.621. The Bertz CT molecular complexity index is 1170. The number of benzene rings is 2. The molecule has 1 amide bonds. The lowest BCUT2D eigenvalue weighted by Crippen LogP contribution is -2.23. The molecule has 0 radical (unpaired) electrons. The molecule has 3 aromatic rings. The van der Waals surface area contributed by atoms with Crippen LogP contribution in [0.25, 0.3) is 0 Å². The number of thiophene rings is 1. The van der Waals surface area contributed by atoms with Crippen molar-refractivity contribution >= 4 is 32.8 Å². The maximum absolute atomic E-state index is 13.2. The zero-order valence-corrected chi connectivity index (χ0v) is 17.5. The molecule has 8 heteroatoms. The van der Waals surface area contributed by atoms with Crippen molar-refractivity contribution in [1.82, 2.24) is 0 Å². The van der Waals surface area contributed by atoms with Crippen LogP contribution in [0.5, 0.6) is 11.5 Å². The third-order valence-corrected chi connectivity index (χ3v) is 7.95. The zero-order chi connectivity index (χ0) is 20.6. The highest BCUT2D eigenvalue weighted by Gasteiger charge is 2.35. The molecule has 1 unspecified atom stereocenters. The van der Waals surface area contributed by atoms with Crippen molar-refractivity contribution < 1.29 is 22.7 Å². The van der Waals surface area contributed by atoms with Gasteiger partial charge in [0.05, 0.1) is 24.8 Å². The highest BCUT2D eigenvalue weighted by atomic mass is 32.2. The van der Waals surface area contributed by atoms with Crippen LogP contribution in [0.4, 0.5) is 5.69 Å². The fourth-order valence-electron chi connectivity index (χ4n) is 3.49. The number of carbonyl (C=O) groups excluding carboxylic acids is 1. The summed E-state index contributed by atoms with van der Waals surface area (Å²) in [5.41, 5.74) is 1.14. The second-order valence-electron chi connectivity index (χ2n) is 6.57. The van der Waals surface area contributed by atoms with Gasteiger partial charge in [0.15, 0.2) is 0 Å². The van der Waals surface area contributed by atoms with Crippen molar-refractivity contribution in [3.63, 3.8) is 0 Å². The SMILES string of the molecule is COc1ccc(OC)c(C2CC(=O)Nc3c(S(=O)(=O)c4ccccc4)csc32)c1. The molecular weight excluding hydrogens is 410 g/mol. The van der Waals surface area contributed by atoms with Crippen LogP contribution < -0.4 is 14.8 Å². The minimum atomic E-state index is -3.75. The van der Waals surface area contributed by atoms with Crippen LogP contribution in [0.2, 0.25) is 0 Å². The van der Waals surface area contributed by atoms with Gasteiger partial charge in [-0.3, -0.25) is 4.79 Å². The van der Waals surface area contributed by atoms with Gasteiger partial charge in [-0.25, -0.2) is 8.42 Å². The maximum atomic E-state index is 13.2. The van der Waals surface area contributed by atoms with Gasteiger partial charge in [0.25, 0.3) is 0 Å². The summed E-state index contributed by atoms with van der Waals surface area (Å²) < 4.78 is 37.1. The quantitative estimate of drug-likeness (QED) is 0.661. The molecule has 4 rings (SSSR count). The largest absolute Gasteiger partial charge is 0.497 e. The van der Waals surface area contributed by atoms with Crippen LogP contribution in [-0.2, 0) is 14.6 Å². The first-order chi connectivity index (χ1) is 14.0. The number of ether oxygens (including phenoxy) is 2. The van der Waals surface area contributed by atoms with Gasteiger partial charge < -0.3 is 14.8 Å². The van der Waals surface area contributed by atoms with Crippen LogP contribution in [0.15, 0.2) is 63.7 Å². The van der Waals surface area contributed by atoms with Gasteiger partial charge in [-0.1, -0.05) is 18.2 Å². The standard InChI is InChI=1S/C21H19NO5S2/c1-26-13-8-9-17(27-2)15(10-13)16-11-19(23)22-20-18(12-28-21(16)20)29(24,25)14-6-4-3-5-7-14/h3-10,12,16H,11H2,1-2H3,(H,22,23). The van der Waals surface area contributed by atoms with Crippen molar-refractivity contribution in [2.75, 3.05) is 19.5 Å². The zero-order valence-electron chi connectivity index (χ0n) is 15.8. The summed E-state index contributed by atoms with van der Waals surface area (Å²) in [6.07, 6.45) is 0.196. The summed E-state index contributed by atoms with van der Waals surface area (Å²) >= 11 is 1.32. The topological polar surface area (TPSA) is 81.7 Å². The molecule has 1 atom stereocenters. The first kappa shape index (κ1) is 19.5. The van der Waals surface area contributed by atoms with Gasteiger partial charge in [-0.2, -0.15) is 0 Å². The molecule has 1 aromatic heterocycles. The highest BCUT2D eigenvalue weighted by Crippen LogP contribution is 2.48. The minimum absolute atomic E-state index is 0.114. The van der Waals surface area contributed by atoms with E-state index >= 15 is 0 Å². The molecule has 0 bridgehead atoms. The van der Waals surface area contributed by atoms with E-state index in [1.165, 1.54) is 11.3 Å². The molecule has 1 aliphatic heterocycles. The average Bonchev–Trinajstić information content (AvgIpc) is 3.17. The second kappa shape index (κ2) is 7.53. The van der Waals surface area contributed by atoms with E-state index in [1.807, 2.05) is 6.07 Å². The van der Waals surface area contributed by atoms with Crippen molar-refractivity contribution in [1.29, 1.82) is 0 Å². The predicted octanol–water partition coefficient (Wildman–Crippen LogP) is 4.07. The number of fused-ring (bicyclic) bond motifs is 1. The number of methoxy groups -OCH3 is 2. The summed E-state index contributed by atoms with van der Waals surface area (Å²) in [5.74, 6) is 0.697. The summed E-state index contributed by atoms with van der Waals surface area (Å²) in [6.45, 7) is 0. The number of amides is 1. The second-order valence-corrected chi connectivity index (χ2v) is 9.40. The molecule has 0 fully saturated rings.